The molecule has 0 saturated heterocycles. The molecule has 0 aliphatic carbocycles. The van der Waals surface area contributed by atoms with E-state index in [1.807, 2.05) is 0 Å². The number of benzene rings is 1. The Kier molecular flexibility index (Phi) is 3.86. The van der Waals surface area contributed by atoms with Crippen LogP contribution in [0, 0.1) is 40.4 Å². The molecule has 1 aromatic carbocycles. The highest BCUT2D eigenvalue weighted by Gasteiger charge is 2.31. The van der Waals surface area contributed by atoms with Crippen molar-refractivity contribution in [2.24, 2.45) is 0 Å². The number of hydrogen-bond acceptors (Lipinski definition) is 3. The van der Waals surface area contributed by atoms with Crippen molar-refractivity contribution >= 4 is 5.97 Å². The van der Waals surface area contributed by atoms with Crippen LogP contribution in [0.1, 0.15) is 18.6 Å². The number of halogens is 5. The number of ether oxygens (including phenoxy) is 1. The second-order valence-electron chi connectivity index (χ2n) is 3.10. The van der Waals surface area contributed by atoms with Crippen molar-refractivity contribution in [2.75, 3.05) is 0 Å². The summed E-state index contributed by atoms with van der Waals surface area (Å²) in [6.45, 7) is 0.816. The van der Waals surface area contributed by atoms with Crippen LogP contribution >= 0.6 is 0 Å². The predicted molar refractivity (Wildman–Crippen MR) is 46.4 cm³/mol. The Hall–Kier alpha value is -2.17. The molecule has 0 spiro atoms. The van der Waals surface area contributed by atoms with Gasteiger partial charge in [0.15, 0.2) is 23.3 Å². The van der Waals surface area contributed by atoms with E-state index in [1.54, 1.807) is 0 Å². The third-order valence-corrected chi connectivity index (χ3v) is 1.91. The molecule has 0 radical (unpaired) electrons. The fourth-order valence-corrected chi connectivity index (χ4v) is 1.17. The van der Waals surface area contributed by atoms with Crippen molar-refractivity contribution < 1.29 is 31.5 Å². The molecule has 0 amide bonds. The lowest BCUT2D eigenvalue weighted by atomic mass is 10.1. The standard InChI is InChI=1S/C10H4F5NO2/c1-3(17)18-4(2-16)5-6(11)8(13)10(15)9(14)7(5)12/h4H,1H3/t4-/m1/s1. The largest absolute Gasteiger partial charge is 0.442 e. The maximum atomic E-state index is 13.2. The Bertz CT molecular complexity index is 523. The molecule has 0 fully saturated rings. The molecule has 1 atom stereocenters. The Labute approximate surface area is 97.4 Å². The predicted octanol–water partition coefficient (Wildman–Crippen LogP) is 2.51. The molecule has 0 N–H and O–H groups in total. The number of carbonyl (C=O) groups is 1. The second-order valence-corrected chi connectivity index (χ2v) is 3.10. The van der Waals surface area contributed by atoms with Crippen molar-refractivity contribution in [3.8, 4) is 6.07 Å². The van der Waals surface area contributed by atoms with Gasteiger partial charge in [-0.3, -0.25) is 4.79 Å². The van der Waals surface area contributed by atoms with Gasteiger partial charge in [0.1, 0.15) is 6.07 Å². The Morgan fingerprint density at radius 2 is 1.44 bits per heavy atom. The first-order valence-corrected chi connectivity index (χ1v) is 4.39. The van der Waals surface area contributed by atoms with Crippen LogP contribution in [0.5, 0.6) is 0 Å². The van der Waals surface area contributed by atoms with Gasteiger partial charge in [-0.2, -0.15) is 5.26 Å². The van der Waals surface area contributed by atoms with E-state index in [9.17, 15) is 26.7 Å². The van der Waals surface area contributed by atoms with Gasteiger partial charge in [-0.25, -0.2) is 22.0 Å². The van der Waals surface area contributed by atoms with E-state index in [-0.39, 0.29) is 0 Å². The molecular weight excluding hydrogens is 261 g/mol. The summed E-state index contributed by atoms with van der Waals surface area (Å²) in [4.78, 5) is 10.6. The highest BCUT2D eigenvalue weighted by Crippen LogP contribution is 2.29. The molecule has 0 aromatic heterocycles. The molecule has 1 aromatic rings. The first-order chi connectivity index (χ1) is 8.31. The number of rotatable bonds is 2. The lowest BCUT2D eigenvalue weighted by Gasteiger charge is -2.12. The smallest absolute Gasteiger partial charge is 0.304 e. The van der Waals surface area contributed by atoms with Crippen LogP contribution < -0.4 is 0 Å². The zero-order valence-corrected chi connectivity index (χ0v) is 8.73. The number of esters is 1. The summed E-state index contributed by atoms with van der Waals surface area (Å²) >= 11 is 0. The molecular formula is C10H4F5NO2. The lowest BCUT2D eigenvalue weighted by molar-refractivity contribution is -0.144. The zero-order chi connectivity index (χ0) is 14.0. The van der Waals surface area contributed by atoms with Gasteiger partial charge in [0.2, 0.25) is 11.9 Å². The topological polar surface area (TPSA) is 50.1 Å². The summed E-state index contributed by atoms with van der Waals surface area (Å²) in [5.41, 5.74) is -1.50. The van der Waals surface area contributed by atoms with Crippen LogP contribution in [0.25, 0.3) is 0 Å². The van der Waals surface area contributed by atoms with Crippen molar-refractivity contribution in [3.05, 3.63) is 34.6 Å². The number of hydrogen-bond donors (Lipinski definition) is 0. The molecule has 3 nitrogen and oxygen atoms in total. The first kappa shape index (κ1) is 13.9. The Balaban J connectivity index is 3.50. The maximum absolute atomic E-state index is 13.2. The fourth-order valence-electron chi connectivity index (χ4n) is 1.17. The van der Waals surface area contributed by atoms with Crippen molar-refractivity contribution in [3.63, 3.8) is 0 Å². The van der Waals surface area contributed by atoms with Crippen LogP contribution in [0.3, 0.4) is 0 Å². The average Bonchev–Trinajstić information content (AvgIpc) is 2.32. The lowest BCUT2D eigenvalue weighted by Crippen LogP contribution is -2.14. The number of carbonyl (C=O) groups excluding carboxylic acids is 1. The normalized spacial score (nSPS) is 11.8. The summed E-state index contributed by atoms with van der Waals surface area (Å²) < 4.78 is 69.0. The van der Waals surface area contributed by atoms with Gasteiger partial charge in [-0.1, -0.05) is 0 Å². The van der Waals surface area contributed by atoms with Gasteiger partial charge in [-0.05, 0) is 0 Å². The van der Waals surface area contributed by atoms with Gasteiger partial charge < -0.3 is 4.74 Å². The molecule has 1 rings (SSSR count). The molecule has 0 unspecified atom stereocenters. The van der Waals surface area contributed by atoms with Gasteiger partial charge in [0, 0.05) is 6.92 Å². The molecule has 96 valence electrons. The van der Waals surface area contributed by atoms with E-state index in [4.69, 9.17) is 5.26 Å². The van der Waals surface area contributed by atoms with Crippen molar-refractivity contribution in [1.29, 1.82) is 5.26 Å². The molecule has 0 saturated carbocycles. The summed E-state index contributed by atoms with van der Waals surface area (Å²) in [7, 11) is 0. The van der Waals surface area contributed by atoms with Gasteiger partial charge in [-0.15, -0.1) is 0 Å². The van der Waals surface area contributed by atoms with Crippen molar-refractivity contribution in [2.45, 2.75) is 13.0 Å². The summed E-state index contributed by atoms with van der Waals surface area (Å²) in [5.74, 6) is -12.3. The van der Waals surface area contributed by atoms with E-state index < -0.39 is 46.7 Å². The first-order valence-electron chi connectivity index (χ1n) is 4.39. The van der Waals surface area contributed by atoms with Gasteiger partial charge >= 0.3 is 5.97 Å². The van der Waals surface area contributed by atoms with Crippen LogP contribution in [-0.2, 0) is 9.53 Å². The third-order valence-electron chi connectivity index (χ3n) is 1.91. The number of nitrogens with zero attached hydrogens (tertiary/aromatic N) is 1. The molecule has 0 bridgehead atoms. The maximum Gasteiger partial charge on any atom is 0.304 e. The minimum absolute atomic E-state index is 0.816. The van der Waals surface area contributed by atoms with Crippen LogP contribution in [-0.4, -0.2) is 5.97 Å². The zero-order valence-electron chi connectivity index (χ0n) is 8.73. The van der Waals surface area contributed by atoms with E-state index in [1.165, 1.54) is 0 Å². The van der Waals surface area contributed by atoms with Gasteiger partial charge in [0.25, 0.3) is 0 Å². The van der Waals surface area contributed by atoms with E-state index in [0.717, 1.165) is 13.0 Å². The van der Waals surface area contributed by atoms with E-state index in [0.29, 0.717) is 0 Å². The van der Waals surface area contributed by atoms with Gasteiger partial charge in [0.05, 0.1) is 5.56 Å². The minimum Gasteiger partial charge on any atom is -0.442 e. The molecule has 18 heavy (non-hydrogen) atoms. The summed E-state index contributed by atoms with van der Waals surface area (Å²) in [5, 5.41) is 8.53. The molecule has 0 heterocycles. The molecule has 0 aliphatic heterocycles. The minimum atomic E-state index is -2.35. The average molecular weight is 265 g/mol. The Morgan fingerprint density at radius 1 is 1.06 bits per heavy atom. The summed E-state index contributed by atoms with van der Waals surface area (Å²) in [6, 6.07) is 1.13. The summed E-state index contributed by atoms with van der Waals surface area (Å²) in [6.07, 6.45) is -2.22. The highest BCUT2D eigenvalue weighted by molar-refractivity contribution is 5.66. The second kappa shape index (κ2) is 5.00. The molecule has 8 heteroatoms. The fraction of sp³-hybridized carbons (Fsp3) is 0.200. The molecule has 0 aliphatic rings. The van der Waals surface area contributed by atoms with Crippen molar-refractivity contribution in [1.82, 2.24) is 0 Å². The van der Waals surface area contributed by atoms with E-state index >= 15 is 0 Å². The quantitative estimate of drug-likeness (QED) is 0.357. The highest BCUT2D eigenvalue weighted by atomic mass is 19.2. The van der Waals surface area contributed by atoms with E-state index in [2.05, 4.69) is 4.74 Å². The Morgan fingerprint density at radius 3 is 1.78 bits per heavy atom. The van der Waals surface area contributed by atoms with Crippen LogP contribution in [0.4, 0.5) is 22.0 Å². The van der Waals surface area contributed by atoms with Crippen LogP contribution in [0.15, 0.2) is 0 Å². The number of nitriles is 1. The third kappa shape index (κ3) is 2.25. The van der Waals surface area contributed by atoms with Crippen LogP contribution in [0.2, 0.25) is 0 Å². The SMILES string of the molecule is CC(=O)O[C@H](C#N)c1c(F)c(F)c(F)c(F)c1F. The monoisotopic (exact) mass is 265 g/mol.